The van der Waals surface area contributed by atoms with E-state index in [2.05, 4.69) is 34.6 Å². The summed E-state index contributed by atoms with van der Waals surface area (Å²) < 4.78 is 1.80. The second kappa shape index (κ2) is 5.11. The highest BCUT2D eigenvalue weighted by atomic mass is 16.2. The molecule has 0 unspecified atom stereocenters. The molecule has 6 nitrogen and oxygen atoms in total. The van der Waals surface area contributed by atoms with Crippen LogP contribution >= 0.6 is 0 Å². The third kappa shape index (κ3) is 2.74. The number of aromatic nitrogens is 3. The maximum Gasteiger partial charge on any atom is 0.239 e. The number of fused-ring (bicyclic) bond motifs is 1. The van der Waals surface area contributed by atoms with Crippen LogP contribution in [-0.2, 0) is 4.79 Å². The lowest BCUT2D eigenvalue weighted by Crippen LogP contribution is -2.31. The van der Waals surface area contributed by atoms with E-state index in [1.807, 2.05) is 12.3 Å². The average molecular weight is 273 g/mol. The Morgan fingerprint density at radius 3 is 3.00 bits per heavy atom. The summed E-state index contributed by atoms with van der Waals surface area (Å²) >= 11 is 0. The molecule has 1 saturated carbocycles. The van der Waals surface area contributed by atoms with Crippen molar-refractivity contribution >= 4 is 17.2 Å². The number of nitrogens with one attached hydrogen (secondary N) is 2. The molecule has 0 radical (unpaired) electrons. The summed E-state index contributed by atoms with van der Waals surface area (Å²) in [5.74, 6) is 1.07. The van der Waals surface area contributed by atoms with Crippen molar-refractivity contribution in [2.75, 3.05) is 11.9 Å². The van der Waals surface area contributed by atoms with E-state index in [0.717, 1.165) is 24.1 Å². The summed E-state index contributed by atoms with van der Waals surface area (Å²) in [6, 6.07) is 2.40. The third-order valence-corrected chi connectivity index (χ3v) is 3.36. The summed E-state index contributed by atoms with van der Waals surface area (Å²) in [6.07, 6.45) is 5.70. The quantitative estimate of drug-likeness (QED) is 0.867. The van der Waals surface area contributed by atoms with E-state index in [9.17, 15) is 4.79 Å². The first-order valence-corrected chi connectivity index (χ1v) is 7.01. The highest BCUT2D eigenvalue weighted by Crippen LogP contribution is 2.20. The zero-order valence-electron chi connectivity index (χ0n) is 11.8. The van der Waals surface area contributed by atoms with E-state index < -0.39 is 0 Å². The van der Waals surface area contributed by atoms with E-state index in [4.69, 9.17) is 0 Å². The number of nitrogens with zero attached hydrogens (tertiary/aromatic N) is 3. The van der Waals surface area contributed by atoms with E-state index in [-0.39, 0.29) is 12.5 Å². The van der Waals surface area contributed by atoms with E-state index in [1.165, 1.54) is 0 Å². The highest BCUT2D eigenvalue weighted by molar-refractivity contribution is 5.82. The van der Waals surface area contributed by atoms with Crippen LogP contribution in [0.3, 0.4) is 0 Å². The molecule has 2 aromatic rings. The lowest BCUT2D eigenvalue weighted by atomic mass is 10.1. The van der Waals surface area contributed by atoms with Crippen molar-refractivity contribution in [2.45, 2.75) is 38.6 Å². The minimum atomic E-state index is 0.0138. The molecule has 0 atom stereocenters. The Balaban J connectivity index is 1.74. The maximum atomic E-state index is 11.7. The fraction of sp³-hybridized carbons (Fsp3) is 0.500. The summed E-state index contributed by atoms with van der Waals surface area (Å²) in [5, 5.41) is 10.5. The fourth-order valence-corrected chi connectivity index (χ4v) is 2.03. The average Bonchev–Trinajstić information content (AvgIpc) is 3.10. The van der Waals surface area contributed by atoms with Gasteiger partial charge in [-0.3, -0.25) is 4.79 Å². The van der Waals surface area contributed by atoms with Gasteiger partial charge >= 0.3 is 0 Å². The van der Waals surface area contributed by atoms with Gasteiger partial charge in [0.1, 0.15) is 5.52 Å². The molecule has 2 heterocycles. The highest BCUT2D eigenvalue weighted by Gasteiger charge is 2.23. The monoisotopic (exact) mass is 273 g/mol. The standard InChI is InChI=1S/C14H19N5O/c1-9(2)11-7-12-14(15-5-6-19(12)18-11)16-8-13(20)17-10-3-4-10/h5-7,9-10H,3-4,8H2,1-2H3,(H,15,16)(H,17,20). The Bertz CT molecular complexity index is 630. The molecule has 1 aliphatic carbocycles. The molecule has 6 heteroatoms. The topological polar surface area (TPSA) is 71.3 Å². The summed E-state index contributed by atoms with van der Waals surface area (Å²) in [7, 11) is 0. The first-order valence-electron chi connectivity index (χ1n) is 7.01. The first kappa shape index (κ1) is 12.9. The van der Waals surface area contributed by atoms with Crippen LogP contribution in [0.15, 0.2) is 18.5 Å². The second-order valence-electron chi connectivity index (χ2n) is 5.52. The number of carbonyl (C=O) groups is 1. The van der Waals surface area contributed by atoms with Crippen LogP contribution in [0.4, 0.5) is 5.82 Å². The van der Waals surface area contributed by atoms with Gasteiger partial charge in [-0.05, 0) is 24.8 Å². The molecule has 1 amide bonds. The Hall–Kier alpha value is -2.11. The molecule has 0 aromatic carbocycles. The number of rotatable bonds is 5. The van der Waals surface area contributed by atoms with E-state index in [0.29, 0.717) is 17.8 Å². The molecule has 0 bridgehead atoms. The Kier molecular flexibility index (Phi) is 3.30. The molecule has 1 aliphatic rings. The zero-order chi connectivity index (χ0) is 14.1. The number of amides is 1. The zero-order valence-corrected chi connectivity index (χ0v) is 11.8. The predicted molar refractivity (Wildman–Crippen MR) is 76.7 cm³/mol. The first-order chi connectivity index (χ1) is 9.63. The molecule has 1 fully saturated rings. The van der Waals surface area contributed by atoms with Gasteiger partial charge in [0.2, 0.25) is 5.91 Å². The fourth-order valence-electron chi connectivity index (χ4n) is 2.03. The van der Waals surface area contributed by atoms with Crippen LogP contribution < -0.4 is 10.6 Å². The Morgan fingerprint density at radius 1 is 1.50 bits per heavy atom. The summed E-state index contributed by atoms with van der Waals surface area (Å²) in [5.41, 5.74) is 1.92. The lowest BCUT2D eigenvalue weighted by molar-refractivity contribution is -0.119. The molecule has 0 aliphatic heterocycles. The Morgan fingerprint density at radius 2 is 2.30 bits per heavy atom. The minimum Gasteiger partial charge on any atom is -0.359 e. The molecule has 106 valence electrons. The van der Waals surface area contributed by atoms with Crippen molar-refractivity contribution in [3.63, 3.8) is 0 Å². The van der Waals surface area contributed by atoms with Gasteiger partial charge in [0.25, 0.3) is 0 Å². The predicted octanol–water partition coefficient (Wildman–Crippen LogP) is 1.54. The molecule has 2 aromatic heterocycles. The SMILES string of the molecule is CC(C)c1cc2c(NCC(=O)NC3CC3)nccn2n1. The number of anilines is 1. The van der Waals surface area contributed by atoms with Gasteiger partial charge in [-0.2, -0.15) is 5.10 Å². The van der Waals surface area contributed by atoms with Crippen LogP contribution in [0.25, 0.3) is 5.52 Å². The maximum absolute atomic E-state index is 11.7. The van der Waals surface area contributed by atoms with Gasteiger partial charge < -0.3 is 10.6 Å². The Labute approximate surface area is 117 Å². The molecule has 0 spiro atoms. The molecule has 0 saturated heterocycles. The van der Waals surface area contributed by atoms with Crippen LogP contribution in [0, 0.1) is 0 Å². The third-order valence-electron chi connectivity index (χ3n) is 3.36. The van der Waals surface area contributed by atoms with Gasteiger partial charge in [-0.25, -0.2) is 9.50 Å². The van der Waals surface area contributed by atoms with Crippen molar-refractivity contribution in [2.24, 2.45) is 0 Å². The summed E-state index contributed by atoms with van der Waals surface area (Å²) in [4.78, 5) is 16.0. The minimum absolute atomic E-state index is 0.0138. The van der Waals surface area contributed by atoms with E-state index >= 15 is 0 Å². The largest absolute Gasteiger partial charge is 0.359 e. The van der Waals surface area contributed by atoms with E-state index in [1.54, 1.807) is 10.7 Å². The van der Waals surface area contributed by atoms with Gasteiger partial charge in [0.15, 0.2) is 5.82 Å². The van der Waals surface area contributed by atoms with Crippen LogP contribution in [-0.4, -0.2) is 33.1 Å². The second-order valence-corrected chi connectivity index (χ2v) is 5.52. The van der Waals surface area contributed by atoms with Crippen molar-refractivity contribution in [3.05, 3.63) is 24.2 Å². The molecule has 20 heavy (non-hydrogen) atoms. The van der Waals surface area contributed by atoms with Gasteiger partial charge in [-0.15, -0.1) is 0 Å². The molecular weight excluding hydrogens is 254 g/mol. The van der Waals surface area contributed by atoms with Crippen molar-refractivity contribution < 1.29 is 4.79 Å². The van der Waals surface area contributed by atoms with Crippen molar-refractivity contribution in [3.8, 4) is 0 Å². The van der Waals surface area contributed by atoms with Crippen molar-refractivity contribution in [1.82, 2.24) is 19.9 Å². The lowest BCUT2D eigenvalue weighted by Gasteiger charge is -2.07. The number of carbonyl (C=O) groups excluding carboxylic acids is 1. The normalized spacial score (nSPS) is 14.8. The number of hydrogen-bond donors (Lipinski definition) is 2. The smallest absolute Gasteiger partial charge is 0.239 e. The van der Waals surface area contributed by atoms with Crippen LogP contribution in [0.1, 0.15) is 38.3 Å². The van der Waals surface area contributed by atoms with Gasteiger partial charge in [-0.1, -0.05) is 13.8 Å². The molecular formula is C14H19N5O. The van der Waals surface area contributed by atoms with Gasteiger partial charge in [0, 0.05) is 18.4 Å². The van der Waals surface area contributed by atoms with Crippen LogP contribution in [0.5, 0.6) is 0 Å². The van der Waals surface area contributed by atoms with Crippen molar-refractivity contribution in [1.29, 1.82) is 0 Å². The van der Waals surface area contributed by atoms with Crippen LogP contribution in [0.2, 0.25) is 0 Å². The molecule has 3 rings (SSSR count). The number of hydrogen-bond acceptors (Lipinski definition) is 4. The molecule has 2 N–H and O–H groups in total. The van der Waals surface area contributed by atoms with Gasteiger partial charge in [0.05, 0.1) is 12.2 Å². The summed E-state index contributed by atoms with van der Waals surface area (Å²) in [6.45, 7) is 4.45.